The van der Waals surface area contributed by atoms with E-state index < -0.39 is 6.10 Å². The Labute approximate surface area is 105 Å². The van der Waals surface area contributed by atoms with Crippen molar-refractivity contribution in [2.75, 3.05) is 6.61 Å². The first-order valence-corrected chi connectivity index (χ1v) is 6.56. The van der Waals surface area contributed by atoms with E-state index in [-0.39, 0.29) is 0 Å². The Morgan fingerprint density at radius 2 is 2.00 bits per heavy atom. The van der Waals surface area contributed by atoms with Gasteiger partial charge >= 0.3 is 0 Å². The zero-order valence-electron chi connectivity index (χ0n) is 11.2. The number of aryl methyl sites for hydroxylation is 1. The number of hydrogen-bond donors (Lipinski definition) is 1. The zero-order chi connectivity index (χ0) is 12.7. The fourth-order valence-electron chi connectivity index (χ4n) is 1.84. The molecule has 0 saturated heterocycles. The molecule has 0 aromatic heterocycles. The van der Waals surface area contributed by atoms with Gasteiger partial charge in [0, 0.05) is 5.56 Å². The second-order valence-corrected chi connectivity index (χ2v) is 4.63. The molecule has 0 radical (unpaired) electrons. The molecular formula is C15H24O2. The van der Waals surface area contributed by atoms with Crippen LogP contribution in [0.25, 0.3) is 0 Å². The Morgan fingerprint density at radius 1 is 1.24 bits per heavy atom. The molecule has 0 aliphatic heterocycles. The predicted molar refractivity (Wildman–Crippen MR) is 71.4 cm³/mol. The lowest BCUT2D eigenvalue weighted by Gasteiger charge is -2.14. The van der Waals surface area contributed by atoms with E-state index >= 15 is 0 Å². The summed E-state index contributed by atoms with van der Waals surface area (Å²) in [6, 6.07) is 5.97. The molecule has 0 spiro atoms. The minimum Gasteiger partial charge on any atom is -0.493 e. The fourth-order valence-corrected chi connectivity index (χ4v) is 1.84. The maximum Gasteiger partial charge on any atom is 0.125 e. The molecule has 0 aliphatic carbocycles. The van der Waals surface area contributed by atoms with Gasteiger partial charge in [-0.1, -0.05) is 37.8 Å². The largest absolute Gasteiger partial charge is 0.493 e. The van der Waals surface area contributed by atoms with Gasteiger partial charge in [-0.3, -0.25) is 0 Å². The highest BCUT2D eigenvalue weighted by Crippen LogP contribution is 2.26. The van der Waals surface area contributed by atoms with Crippen LogP contribution in [0.5, 0.6) is 5.75 Å². The summed E-state index contributed by atoms with van der Waals surface area (Å²) in [6.07, 6.45) is 4.33. The minimum atomic E-state index is -0.472. The number of aliphatic hydroxyl groups is 1. The summed E-state index contributed by atoms with van der Waals surface area (Å²) in [5.41, 5.74) is 2.04. The molecule has 1 aromatic carbocycles. The third-order valence-corrected chi connectivity index (χ3v) is 2.87. The highest BCUT2D eigenvalue weighted by molar-refractivity contribution is 5.38. The molecule has 1 N–H and O–H groups in total. The van der Waals surface area contributed by atoms with E-state index in [0.717, 1.165) is 29.9 Å². The maximum absolute atomic E-state index is 9.69. The number of unbranched alkanes of at least 4 members (excludes halogenated alkanes) is 3. The van der Waals surface area contributed by atoms with Crippen molar-refractivity contribution in [2.24, 2.45) is 0 Å². The van der Waals surface area contributed by atoms with Gasteiger partial charge in [0.1, 0.15) is 5.75 Å². The van der Waals surface area contributed by atoms with E-state index in [1.54, 1.807) is 6.92 Å². The normalized spacial score (nSPS) is 12.5. The molecule has 0 amide bonds. The summed E-state index contributed by atoms with van der Waals surface area (Å²) in [4.78, 5) is 0. The van der Waals surface area contributed by atoms with Crippen LogP contribution in [0, 0.1) is 6.92 Å². The molecule has 1 aromatic rings. The molecule has 0 saturated carbocycles. The van der Waals surface area contributed by atoms with Gasteiger partial charge in [-0.05, 0) is 32.4 Å². The molecule has 0 heterocycles. The van der Waals surface area contributed by atoms with Crippen molar-refractivity contribution in [2.45, 2.75) is 52.6 Å². The van der Waals surface area contributed by atoms with Crippen molar-refractivity contribution in [3.05, 3.63) is 29.3 Å². The Morgan fingerprint density at radius 3 is 2.65 bits per heavy atom. The molecular weight excluding hydrogens is 212 g/mol. The number of ether oxygens (including phenoxy) is 1. The lowest BCUT2D eigenvalue weighted by Crippen LogP contribution is -2.02. The number of benzene rings is 1. The highest BCUT2D eigenvalue weighted by Gasteiger charge is 2.09. The molecule has 1 atom stereocenters. The minimum absolute atomic E-state index is 0.472. The molecule has 1 unspecified atom stereocenters. The van der Waals surface area contributed by atoms with Crippen LogP contribution in [0.3, 0.4) is 0 Å². The number of hydrogen-bond acceptors (Lipinski definition) is 2. The summed E-state index contributed by atoms with van der Waals surface area (Å²) in [5, 5.41) is 9.69. The van der Waals surface area contributed by atoms with E-state index in [2.05, 4.69) is 6.92 Å². The SMILES string of the molecule is CCCCCCOc1ccc(C)cc1C(C)O. The van der Waals surface area contributed by atoms with Crippen LogP contribution >= 0.6 is 0 Å². The Balaban J connectivity index is 2.52. The van der Waals surface area contributed by atoms with Crippen LogP contribution < -0.4 is 4.74 Å². The number of aliphatic hydroxyl groups excluding tert-OH is 1. The summed E-state index contributed by atoms with van der Waals surface area (Å²) in [6.45, 7) is 6.74. The fraction of sp³-hybridized carbons (Fsp3) is 0.600. The topological polar surface area (TPSA) is 29.5 Å². The van der Waals surface area contributed by atoms with Crippen LogP contribution in [0.2, 0.25) is 0 Å². The van der Waals surface area contributed by atoms with Gasteiger partial charge in [-0.2, -0.15) is 0 Å². The smallest absolute Gasteiger partial charge is 0.125 e. The molecule has 2 heteroatoms. The summed E-state index contributed by atoms with van der Waals surface area (Å²) in [7, 11) is 0. The molecule has 17 heavy (non-hydrogen) atoms. The van der Waals surface area contributed by atoms with Crippen molar-refractivity contribution in [3.63, 3.8) is 0 Å². The van der Waals surface area contributed by atoms with Crippen LogP contribution in [-0.2, 0) is 0 Å². The van der Waals surface area contributed by atoms with Crippen LogP contribution in [0.4, 0.5) is 0 Å². The monoisotopic (exact) mass is 236 g/mol. The van der Waals surface area contributed by atoms with E-state index in [1.165, 1.54) is 19.3 Å². The van der Waals surface area contributed by atoms with Gasteiger partial charge in [0.25, 0.3) is 0 Å². The van der Waals surface area contributed by atoms with Gasteiger partial charge in [0.2, 0.25) is 0 Å². The molecule has 1 rings (SSSR count). The van der Waals surface area contributed by atoms with Crippen molar-refractivity contribution < 1.29 is 9.84 Å². The average molecular weight is 236 g/mol. The van der Waals surface area contributed by atoms with E-state index in [4.69, 9.17) is 4.74 Å². The molecule has 96 valence electrons. The first-order valence-electron chi connectivity index (χ1n) is 6.56. The summed E-state index contributed by atoms with van der Waals surface area (Å²) in [5.74, 6) is 0.821. The highest BCUT2D eigenvalue weighted by atomic mass is 16.5. The van der Waals surface area contributed by atoms with Crippen molar-refractivity contribution in [1.82, 2.24) is 0 Å². The standard InChI is InChI=1S/C15H24O2/c1-4-5-6-7-10-17-15-9-8-12(2)11-14(15)13(3)16/h8-9,11,13,16H,4-7,10H2,1-3H3. The Kier molecular flexibility index (Phi) is 6.06. The van der Waals surface area contributed by atoms with E-state index in [1.807, 2.05) is 25.1 Å². The van der Waals surface area contributed by atoms with Gasteiger partial charge in [-0.25, -0.2) is 0 Å². The lowest BCUT2D eigenvalue weighted by atomic mass is 10.1. The van der Waals surface area contributed by atoms with Crippen LogP contribution in [0.15, 0.2) is 18.2 Å². The van der Waals surface area contributed by atoms with Crippen LogP contribution in [0.1, 0.15) is 56.8 Å². The second kappa shape index (κ2) is 7.33. The predicted octanol–water partition coefficient (Wildman–Crippen LogP) is 4.01. The van der Waals surface area contributed by atoms with E-state index in [9.17, 15) is 5.11 Å². The zero-order valence-corrected chi connectivity index (χ0v) is 11.2. The average Bonchev–Trinajstić information content (AvgIpc) is 2.30. The molecule has 0 fully saturated rings. The first-order chi connectivity index (χ1) is 8.15. The third kappa shape index (κ3) is 4.78. The van der Waals surface area contributed by atoms with E-state index in [0.29, 0.717) is 0 Å². The van der Waals surface area contributed by atoms with Crippen molar-refractivity contribution >= 4 is 0 Å². The molecule has 2 nitrogen and oxygen atoms in total. The van der Waals surface area contributed by atoms with Crippen molar-refractivity contribution in [3.8, 4) is 5.75 Å². The molecule has 0 aliphatic rings. The quantitative estimate of drug-likeness (QED) is 0.725. The Hall–Kier alpha value is -1.02. The Bertz CT molecular complexity index is 332. The summed E-state index contributed by atoms with van der Waals surface area (Å²) >= 11 is 0. The van der Waals surface area contributed by atoms with Crippen molar-refractivity contribution in [1.29, 1.82) is 0 Å². The van der Waals surface area contributed by atoms with Gasteiger partial charge < -0.3 is 9.84 Å². The maximum atomic E-state index is 9.69. The van der Waals surface area contributed by atoms with Gasteiger partial charge in [0.15, 0.2) is 0 Å². The molecule has 0 bridgehead atoms. The summed E-state index contributed by atoms with van der Waals surface area (Å²) < 4.78 is 5.74. The lowest BCUT2D eigenvalue weighted by molar-refractivity contribution is 0.190. The van der Waals surface area contributed by atoms with Gasteiger partial charge in [0.05, 0.1) is 12.7 Å². The van der Waals surface area contributed by atoms with Crippen LogP contribution in [-0.4, -0.2) is 11.7 Å². The second-order valence-electron chi connectivity index (χ2n) is 4.63. The first kappa shape index (κ1) is 14.0. The number of rotatable bonds is 7. The van der Waals surface area contributed by atoms with Gasteiger partial charge in [-0.15, -0.1) is 0 Å². The third-order valence-electron chi connectivity index (χ3n) is 2.87.